The molecule has 2 amide bonds. The summed E-state index contributed by atoms with van der Waals surface area (Å²) in [5.74, 6) is 0.125. The van der Waals surface area contributed by atoms with Crippen LogP contribution in [0, 0.1) is 0 Å². The summed E-state index contributed by atoms with van der Waals surface area (Å²) < 4.78 is 0. The average molecular weight is 522 g/mol. The van der Waals surface area contributed by atoms with Crippen LogP contribution in [0.4, 0.5) is 22.1 Å². The van der Waals surface area contributed by atoms with Crippen molar-refractivity contribution in [3.63, 3.8) is 0 Å². The van der Waals surface area contributed by atoms with E-state index in [0.29, 0.717) is 12.3 Å². The number of carbonyl (C=O) groups excluding carboxylic acids is 1. The quantitative estimate of drug-likeness (QED) is 0.428. The van der Waals surface area contributed by atoms with E-state index < -0.39 is 12.0 Å². The summed E-state index contributed by atoms with van der Waals surface area (Å²) in [6.07, 6.45) is 9.55. The van der Waals surface area contributed by atoms with E-state index in [-0.39, 0.29) is 29.4 Å². The first-order chi connectivity index (χ1) is 18.4. The molecule has 0 bridgehead atoms. The molecule has 5 N–H and O–H groups in total. The zero-order valence-electron chi connectivity index (χ0n) is 22.1. The topological polar surface area (TPSA) is 137 Å². The van der Waals surface area contributed by atoms with E-state index in [1.165, 1.54) is 55.2 Å². The number of aromatic nitrogens is 2. The van der Waals surface area contributed by atoms with Gasteiger partial charge >= 0.3 is 6.09 Å². The highest BCUT2D eigenvalue weighted by molar-refractivity contribution is 5.97. The van der Waals surface area contributed by atoms with Crippen molar-refractivity contribution in [3.05, 3.63) is 41.7 Å². The number of benzene rings is 1. The van der Waals surface area contributed by atoms with Crippen molar-refractivity contribution in [2.75, 3.05) is 29.9 Å². The molecule has 0 spiro atoms. The molecule has 3 aliphatic rings. The Morgan fingerprint density at radius 1 is 1.08 bits per heavy atom. The molecule has 1 saturated carbocycles. The molecule has 1 aromatic carbocycles. The van der Waals surface area contributed by atoms with Gasteiger partial charge < -0.3 is 26.4 Å². The summed E-state index contributed by atoms with van der Waals surface area (Å²) in [4.78, 5) is 37.0. The summed E-state index contributed by atoms with van der Waals surface area (Å²) in [6, 6.07) is 8.65. The van der Waals surface area contributed by atoms with E-state index in [1.54, 1.807) is 0 Å². The van der Waals surface area contributed by atoms with Crippen LogP contribution in [0.15, 0.2) is 30.5 Å². The average Bonchev–Trinajstić information content (AvgIpc) is 3.46. The maximum atomic E-state index is 12.2. The van der Waals surface area contributed by atoms with Gasteiger partial charge in [-0.2, -0.15) is 0 Å². The van der Waals surface area contributed by atoms with Gasteiger partial charge in [-0.1, -0.05) is 25.0 Å². The van der Waals surface area contributed by atoms with Crippen LogP contribution >= 0.6 is 0 Å². The van der Waals surface area contributed by atoms with Crippen molar-refractivity contribution < 1.29 is 14.7 Å². The fourth-order valence-corrected chi connectivity index (χ4v) is 6.40. The van der Waals surface area contributed by atoms with E-state index in [1.807, 2.05) is 19.1 Å². The van der Waals surface area contributed by atoms with E-state index in [0.717, 1.165) is 37.8 Å². The molecule has 5 rings (SSSR count). The van der Waals surface area contributed by atoms with Crippen molar-refractivity contribution in [1.29, 1.82) is 0 Å². The molecule has 0 radical (unpaired) electrons. The molecule has 2 atom stereocenters. The lowest BCUT2D eigenvalue weighted by Crippen LogP contribution is -2.54. The Labute approximate surface area is 224 Å². The normalized spacial score (nSPS) is 23.3. The Morgan fingerprint density at radius 3 is 2.42 bits per heavy atom. The highest BCUT2D eigenvalue weighted by Gasteiger charge is 2.33. The van der Waals surface area contributed by atoms with Gasteiger partial charge in [-0.15, -0.1) is 0 Å². The Kier molecular flexibility index (Phi) is 8.09. The maximum Gasteiger partial charge on any atom is 0.413 e. The number of primary amides is 1. The zero-order valence-corrected chi connectivity index (χ0v) is 22.1. The summed E-state index contributed by atoms with van der Waals surface area (Å²) in [5.41, 5.74) is 7.59. The zero-order chi connectivity index (χ0) is 26.6. The lowest BCUT2D eigenvalue weighted by atomic mass is 9.88. The van der Waals surface area contributed by atoms with Gasteiger partial charge in [-0.3, -0.25) is 9.69 Å². The van der Waals surface area contributed by atoms with Crippen molar-refractivity contribution >= 4 is 29.3 Å². The number of nitrogens with one attached hydrogen (secondary N) is 2. The predicted octanol–water partition coefficient (Wildman–Crippen LogP) is 4.07. The number of carboxylic acid groups (broad SMARTS) is 1. The highest BCUT2D eigenvalue weighted by atomic mass is 16.4. The summed E-state index contributed by atoms with van der Waals surface area (Å²) in [7, 11) is 0. The smallest absolute Gasteiger partial charge is 0.413 e. The standard InChI is InChI=1S/C28H39N7O3/c1-18-23(7-4-14-30-18)35(28(37)38)24-17-31-25(26(29)36)27(33-24)32-21-10-8-19(9-11-21)20-12-15-34(16-13-20)22-5-2-3-6-22/h8-11,17-18,20,22-23,30H,2-7,12-16H2,1H3,(H2,29,36)(H,32,33)(H,37,38)/t18-,23-/m1/s1. The van der Waals surface area contributed by atoms with Crippen LogP contribution in [0.2, 0.25) is 0 Å². The molecule has 1 aromatic heterocycles. The molecule has 3 heterocycles. The molecule has 2 aliphatic heterocycles. The molecular formula is C28H39N7O3. The number of piperidine rings is 2. The Bertz CT molecular complexity index is 1130. The molecule has 0 unspecified atom stereocenters. The number of anilines is 3. The minimum Gasteiger partial charge on any atom is -0.465 e. The first kappa shape index (κ1) is 26.4. The number of carbonyl (C=O) groups is 2. The van der Waals surface area contributed by atoms with Gasteiger partial charge in [0, 0.05) is 17.8 Å². The number of likely N-dealkylation sites (tertiary alicyclic amines) is 1. The molecule has 1 aliphatic carbocycles. The Morgan fingerprint density at radius 2 is 1.79 bits per heavy atom. The molecule has 10 heteroatoms. The van der Waals surface area contributed by atoms with Crippen LogP contribution in [-0.2, 0) is 0 Å². The van der Waals surface area contributed by atoms with Gasteiger partial charge in [0.05, 0.1) is 12.2 Å². The number of hydrogen-bond donors (Lipinski definition) is 4. The van der Waals surface area contributed by atoms with Crippen LogP contribution in [0.1, 0.15) is 80.3 Å². The van der Waals surface area contributed by atoms with Crippen LogP contribution < -0.4 is 21.3 Å². The lowest BCUT2D eigenvalue weighted by molar-refractivity contribution is 0.0996. The summed E-state index contributed by atoms with van der Waals surface area (Å²) >= 11 is 0. The Hall–Kier alpha value is -3.24. The van der Waals surface area contributed by atoms with E-state index in [4.69, 9.17) is 5.73 Å². The minimum absolute atomic E-state index is 0.0303. The van der Waals surface area contributed by atoms with Crippen molar-refractivity contribution in [1.82, 2.24) is 20.2 Å². The second-order valence-corrected chi connectivity index (χ2v) is 10.9. The number of rotatable bonds is 7. The van der Waals surface area contributed by atoms with Gasteiger partial charge in [0.15, 0.2) is 17.3 Å². The SMILES string of the molecule is C[C@H]1NCCC[C@H]1N(C(=O)O)c1cnc(C(N)=O)c(Nc2ccc(C3CCN(C4CCCC4)CC3)cc2)n1. The van der Waals surface area contributed by atoms with Gasteiger partial charge in [0.1, 0.15) is 0 Å². The van der Waals surface area contributed by atoms with Crippen LogP contribution in [-0.4, -0.2) is 69.7 Å². The maximum absolute atomic E-state index is 12.2. The van der Waals surface area contributed by atoms with Gasteiger partial charge in [0.25, 0.3) is 5.91 Å². The first-order valence-corrected chi connectivity index (χ1v) is 13.9. The predicted molar refractivity (Wildman–Crippen MR) is 147 cm³/mol. The fourth-order valence-electron chi connectivity index (χ4n) is 6.40. The molecule has 204 valence electrons. The van der Waals surface area contributed by atoms with Crippen LogP contribution in [0.25, 0.3) is 0 Å². The largest absolute Gasteiger partial charge is 0.465 e. The molecule has 38 heavy (non-hydrogen) atoms. The highest BCUT2D eigenvalue weighted by Crippen LogP contribution is 2.33. The Balaban J connectivity index is 1.31. The third kappa shape index (κ3) is 5.76. The van der Waals surface area contributed by atoms with Crippen molar-refractivity contribution in [2.45, 2.75) is 82.3 Å². The van der Waals surface area contributed by atoms with Crippen LogP contribution in [0.5, 0.6) is 0 Å². The van der Waals surface area contributed by atoms with Crippen LogP contribution in [0.3, 0.4) is 0 Å². The van der Waals surface area contributed by atoms with E-state index in [9.17, 15) is 14.7 Å². The monoisotopic (exact) mass is 521 g/mol. The van der Waals surface area contributed by atoms with Crippen molar-refractivity contribution in [3.8, 4) is 0 Å². The first-order valence-electron chi connectivity index (χ1n) is 13.9. The lowest BCUT2D eigenvalue weighted by Gasteiger charge is -2.36. The molecule has 2 saturated heterocycles. The minimum atomic E-state index is -1.11. The molecule has 10 nitrogen and oxygen atoms in total. The third-order valence-corrected chi connectivity index (χ3v) is 8.51. The summed E-state index contributed by atoms with van der Waals surface area (Å²) in [5, 5.41) is 16.5. The molecular weight excluding hydrogens is 482 g/mol. The van der Waals surface area contributed by atoms with Gasteiger partial charge in [-0.25, -0.2) is 14.8 Å². The number of nitrogens with two attached hydrogens (primary N) is 1. The van der Waals surface area contributed by atoms with Gasteiger partial charge in [-0.05, 0) is 88.7 Å². The number of amides is 2. The molecule has 3 fully saturated rings. The van der Waals surface area contributed by atoms with E-state index in [2.05, 4.69) is 37.6 Å². The van der Waals surface area contributed by atoms with E-state index >= 15 is 0 Å². The third-order valence-electron chi connectivity index (χ3n) is 8.51. The second-order valence-electron chi connectivity index (χ2n) is 10.9. The van der Waals surface area contributed by atoms with Crippen molar-refractivity contribution in [2.24, 2.45) is 5.73 Å². The fraction of sp³-hybridized carbons (Fsp3) is 0.571. The molecule has 2 aromatic rings. The second kappa shape index (κ2) is 11.7. The number of hydrogen-bond acceptors (Lipinski definition) is 7. The van der Waals surface area contributed by atoms with Gasteiger partial charge in [0.2, 0.25) is 0 Å². The summed E-state index contributed by atoms with van der Waals surface area (Å²) in [6.45, 7) is 5.13. The number of nitrogens with zero attached hydrogens (tertiary/aromatic N) is 4.